The summed E-state index contributed by atoms with van der Waals surface area (Å²) in [6.45, 7) is 1.08. The minimum atomic E-state index is -0.359. The first-order chi connectivity index (χ1) is 15.0. The molecule has 8 heteroatoms. The molecule has 3 atom stereocenters. The van der Waals surface area contributed by atoms with Crippen LogP contribution in [0.3, 0.4) is 0 Å². The zero-order valence-corrected chi connectivity index (χ0v) is 17.1. The van der Waals surface area contributed by atoms with E-state index < -0.39 is 0 Å². The third kappa shape index (κ3) is 3.87. The van der Waals surface area contributed by atoms with E-state index in [-0.39, 0.29) is 47.9 Å². The third-order valence-electron chi connectivity index (χ3n) is 6.58. The van der Waals surface area contributed by atoms with Gasteiger partial charge in [-0.1, -0.05) is 0 Å². The minimum absolute atomic E-state index is 0.00229. The molecule has 31 heavy (non-hydrogen) atoms. The van der Waals surface area contributed by atoms with Crippen molar-refractivity contribution in [2.75, 3.05) is 13.2 Å². The second-order valence-corrected chi connectivity index (χ2v) is 8.55. The first kappa shape index (κ1) is 19.9. The van der Waals surface area contributed by atoms with Crippen LogP contribution in [0.15, 0.2) is 41.3 Å². The van der Waals surface area contributed by atoms with Crippen molar-refractivity contribution in [1.82, 2.24) is 14.8 Å². The molecule has 3 aliphatic rings. The maximum absolute atomic E-state index is 13.3. The van der Waals surface area contributed by atoms with E-state index in [9.17, 15) is 18.8 Å². The molecule has 162 valence electrons. The largest absolute Gasteiger partial charge is 0.366 e. The molecule has 1 aliphatic carbocycles. The van der Waals surface area contributed by atoms with Crippen molar-refractivity contribution in [2.45, 2.75) is 44.4 Å². The molecule has 0 bridgehead atoms. The van der Waals surface area contributed by atoms with Gasteiger partial charge in [0.2, 0.25) is 11.8 Å². The number of pyridine rings is 1. The average molecular weight is 425 g/mol. The van der Waals surface area contributed by atoms with Crippen LogP contribution in [0.25, 0.3) is 5.69 Å². The predicted molar refractivity (Wildman–Crippen MR) is 110 cm³/mol. The van der Waals surface area contributed by atoms with Gasteiger partial charge in [0.15, 0.2) is 0 Å². The molecular weight excluding hydrogens is 401 g/mol. The van der Waals surface area contributed by atoms with Gasteiger partial charge in [0.05, 0.1) is 12.1 Å². The minimum Gasteiger partial charge on any atom is -0.366 e. The lowest BCUT2D eigenvalue weighted by molar-refractivity contribution is -0.146. The highest BCUT2D eigenvalue weighted by Gasteiger charge is 2.39. The van der Waals surface area contributed by atoms with Crippen molar-refractivity contribution >= 4 is 11.8 Å². The number of halogens is 1. The summed E-state index contributed by atoms with van der Waals surface area (Å²) in [5, 5.41) is 2.96. The van der Waals surface area contributed by atoms with E-state index in [1.807, 2.05) is 4.90 Å². The molecule has 1 aromatic carbocycles. The van der Waals surface area contributed by atoms with Crippen LogP contribution in [-0.4, -0.2) is 46.6 Å². The summed E-state index contributed by atoms with van der Waals surface area (Å²) in [7, 11) is 0. The summed E-state index contributed by atoms with van der Waals surface area (Å²) in [5.74, 6) is -0.474. The van der Waals surface area contributed by atoms with Crippen LogP contribution in [0.2, 0.25) is 0 Å². The molecule has 1 saturated carbocycles. The first-order valence-electron chi connectivity index (χ1n) is 10.7. The Morgan fingerprint density at radius 1 is 1.13 bits per heavy atom. The molecule has 2 aromatic rings. The van der Waals surface area contributed by atoms with Crippen molar-refractivity contribution in [3.8, 4) is 5.69 Å². The average Bonchev–Trinajstić information content (AvgIpc) is 2.78. The summed E-state index contributed by atoms with van der Waals surface area (Å²) in [6.07, 6.45) is 4.36. The summed E-state index contributed by atoms with van der Waals surface area (Å²) in [6, 6.07) is 7.39. The van der Waals surface area contributed by atoms with E-state index >= 15 is 0 Å². The molecule has 0 radical (unpaired) electrons. The van der Waals surface area contributed by atoms with Gasteiger partial charge < -0.3 is 15.0 Å². The van der Waals surface area contributed by atoms with Gasteiger partial charge in [-0.3, -0.25) is 19.0 Å². The number of carbonyl (C=O) groups excluding carboxylic acids is 2. The number of rotatable bonds is 2. The fourth-order valence-electron chi connectivity index (χ4n) is 4.91. The lowest BCUT2D eigenvalue weighted by Crippen LogP contribution is -2.55. The second-order valence-electron chi connectivity index (χ2n) is 8.55. The number of nitrogens with one attached hydrogen (secondary N) is 1. The van der Waals surface area contributed by atoms with E-state index in [4.69, 9.17) is 4.74 Å². The summed E-state index contributed by atoms with van der Waals surface area (Å²) >= 11 is 0. The smallest absolute Gasteiger partial charge is 0.255 e. The van der Waals surface area contributed by atoms with Gasteiger partial charge >= 0.3 is 0 Å². The molecule has 2 amide bonds. The van der Waals surface area contributed by atoms with Gasteiger partial charge in [-0.2, -0.15) is 0 Å². The number of hydrogen-bond acceptors (Lipinski definition) is 4. The molecule has 0 spiro atoms. The van der Waals surface area contributed by atoms with Gasteiger partial charge in [-0.15, -0.1) is 0 Å². The van der Waals surface area contributed by atoms with Crippen LogP contribution in [0, 0.1) is 11.7 Å². The Hall–Kier alpha value is -3.00. The summed E-state index contributed by atoms with van der Waals surface area (Å²) < 4.78 is 20.4. The van der Waals surface area contributed by atoms with Crippen molar-refractivity contribution in [2.24, 2.45) is 5.92 Å². The van der Waals surface area contributed by atoms with E-state index in [0.717, 1.165) is 24.0 Å². The van der Waals surface area contributed by atoms with Gasteiger partial charge in [0.1, 0.15) is 12.4 Å². The Morgan fingerprint density at radius 3 is 2.74 bits per heavy atom. The number of hydrogen-bond donors (Lipinski definition) is 1. The number of morpholine rings is 1. The highest BCUT2D eigenvalue weighted by molar-refractivity contribution is 5.80. The van der Waals surface area contributed by atoms with E-state index in [1.54, 1.807) is 24.4 Å². The van der Waals surface area contributed by atoms with Crippen LogP contribution in [0.5, 0.6) is 0 Å². The number of amides is 2. The zero-order valence-electron chi connectivity index (χ0n) is 17.1. The van der Waals surface area contributed by atoms with Gasteiger partial charge in [-0.25, -0.2) is 4.39 Å². The number of ether oxygens (including phenoxy) is 1. The lowest BCUT2D eigenvalue weighted by Gasteiger charge is -2.40. The monoisotopic (exact) mass is 425 g/mol. The van der Waals surface area contributed by atoms with Crippen molar-refractivity contribution in [3.05, 3.63) is 63.8 Å². The molecule has 2 aliphatic heterocycles. The molecule has 1 N–H and O–H groups in total. The van der Waals surface area contributed by atoms with Crippen molar-refractivity contribution < 1.29 is 18.7 Å². The quantitative estimate of drug-likeness (QED) is 0.792. The number of aromatic nitrogens is 1. The van der Waals surface area contributed by atoms with E-state index in [1.165, 1.54) is 16.7 Å². The van der Waals surface area contributed by atoms with Crippen LogP contribution in [-0.2, 0) is 27.3 Å². The number of fused-ring (bicyclic) bond motifs is 2. The number of carbonyl (C=O) groups is 2. The Bertz CT molecular complexity index is 1080. The maximum atomic E-state index is 13.3. The number of nitrogens with zero attached hydrogens (tertiary/aromatic N) is 2. The van der Waals surface area contributed by atoms with Crippen LogP contribution >= 0.6 is 0 Å². The SMILES string of the molecule is O=C1CO[C@H]2C[C@@H](C(=O)N3CCc4cc(=O)n(-c5ccc(F)cc5)cc4C3)CC[C@@H]2N1. The standard InChI is InChI=1S/C23H24FN3O4/c24-17-2-4-18(5-3-17)27-12-16-11-26(8-7-14(16)10-22(27)29)23(30)15-1-6-19-20(9-15)31-13-21(28)25-19/h2-5,10,12,15,19-20H,1,6-9,11,13H2,(H,25,28)/t15-,19-,20-/m0/s1. The molecule has 2 fully saturated rings. The van der Waals surface area contributed by atoms with Crippen molar-refractivity contribution in [1.29, 1.82) is 0 Å². The Labute approximate surface area is 178 Å². The molecule has 3 heterocycles. The molecule has 0 unspecified atom stereocenters. The fraction of sp³-hybridized carbons (Fsp3) is 0.435. The maximum Gasteiger partial charge on any atom is 0.255 e. The normalized spacial score (nSPS) is 25.4. The van der Waals surface area contributed by atoms with Gasteiger partial charge in [0, 0.05) is 37.0 Å². The molecule has 1 aromatic heterocycles. The van der Waals surface area contributed by atoms with Crippen LogP contribution < -0.4 is 10.9 Å². The van der Waals surface area contributed by atoms with E-state index in [2.05, 4.69) is 5.32 Å². The van der Waals surface area contributed by atoms with Crippen molar-refractivity contribution in [3.63, 3.8) is 0 Å². The topological polar surface area (TPSA) is 80.6 Å². The van der Waals surface area contributed by atoms with Gasteiger partial charge in [-0.05, 0) is 61.1 Å². The predicted octanol–water partition coefficient (Wildman–Crippen LogP) is 1.54. The van der Waals surface area contributed by atoms with Crippen LogP contribution in [0.4, 0.5) is 4.39 Å². The molecular formula is C23H24FN3O4. The summed E-state index contributed by atoms with van der Waals surface area (Å²) in [4.78, 5) is 39.1. The highest BCUT2D eigenvalue weighted by atomic mass is 19.1. The Kier molecular flexibility index (Phi) is 5.09. The lowest BCUT2D eigenvalue weighted by atomic mass is 9.82. The van der Waals surface area contributed by atoms with Gasteiger partial charge in [0.25, 0.3) is 5.56 Å². The zero-order chi connectivity index (χ0) is 21.5. The highest BCUT2D eigenvalue weighted by Crippen LogP contribution is 2.31. The van der Waals surface area contributed by atoms with E-state index in [0.29, 0.717) is 31.6 Å². The van der Waals surface area contributed by atoms with Crippen LogP contribution in [0.1, 0.15) is 30.4 Å². The first-order valence-corrected chi connectivity index (χ1v) is 10.7. The summed E-state index contributed by atoms with van der Waals surface area (Å²) in [5.41, 5.74) is 2.31. The Morgan fingerprint density at radius 2 is 1.94 bits per heavy atom. The fourth-order valence-corrected chi connectivity index (χ4v) is 4.91. The molecule has 7 nitrogen and oxygen atoms in total. The third-order valence-corrected chi connectivity index (χ3v) is 6.58. The molecule has 5 rings (SSSR count). The Balaban J connectivity index is 1.32. The second kappa shape index (κ2) is 7.92. The molecule has 1 saturated heterocycles. The number of benzene rings is 1.